The number of hydrogen-bond acceptors (Lipinski definition) is 4. The number of Topliss-reactive ketones (excluding diaryl/α,β-unsaturated/α-hetero) is 2. The largest absolute Gasteiger partial charge is 0.508 e. The molecule has 0 bridgehead atoms. The van der Waals surface area contributed by atoms with E-state index in [4.69, 9.17) is 21.4 Å². The summed E-state index contributed by atoms with van der Waals surface area (Å²) in [6.07, 6.45) is -0.361. The number of aromatic hydroxyl groups is 1. The number of hydrogen-bond donors (Lipinski definition) is 1. The van der Waals surface area contributed by atoms with Crippen LogP contribution >= 0.6 is 56.8 Å². The molecule has 2 unspecified atom stereocenters. The summed E-state index contributed by atoms with van der Waals surface area (Å²) in [4.78, 5) is 20.9. The zero-order valence-electron chi connectivity index (χ0n) is 15.6. The fraction of sp³-hybridized carbons (Fsp3) is 0.300. The average molecular weight is 617 g/mol. The highest BCUT2D eigenvalue weighted by molar-refractivity contribution is 14.1. The van der Waals surface area contributed by atoms with Crippen LogP contribution in [0.5, 0.6) is 11.5 Å². The van der Waals surface area contributed by atoms with Crippen molar-refractivity contribution in [3.63, 3.8) is 0 Å². The number of halogens is 3. The van der Waals surface area contributed by atoms with Gasteiger partial charge in [-0.15, -0.1) is 11.6 Å². The van der Waals surface area contributed by atoms with E-state index in [9.17, 15) is 9.59 Å². The van der Waals surface area contributed by atoms with Crippen molar-refractivity contribution in [2.24, 2.45) is 0 Å². The fourth-order valence-corrected chi connectivity index (χ4v) is 1.96. The predicted octanol–water partition coefficient (Wildman–Crippen LogP) is 5.85. The standard InChI is InChI=1S/C10H11IO2.C6H5IO.C4H7ClO/c1-7(12)8(2)13-10-5-3-9(11)4-6-10;7-5-1-3-6(8)4-2-5;1-3(5)4(2)6/h3-6,8H,1-2H3;1-4,8H;3H,1-2H3. The summed E-state index contributed by atoms with van der Waals surface area (Å²) >= 11 is 9.67. The van der Waals surface area contributed by atoms with Crippen molar-refractivity contribution in [2.75, 3.05) is 0 Å². The molecular formula is C20H23ClI2O4. The topological polar surface area (TPSA) is 63.6 Å². The highest BCUT2D eigenvalue weighted by atomic mass is 127. The Labute approximate surface area is 192 Å². The Kier molecular flexibility index (Phi) is 13.7. The molecule has 0 spiro atoms. The lowest BCUT2D eigenvalue weighted by atomic mass is 10.3. The van der Waals surface area contributed by atoms with Crippen LogP contribution in [0.15, 0.2) is 48.5 Å². The van der Waals surface area contributed by atoms with E-state index < -0.39 is 0 Å². The van der Waals surface area contributed by atoms with Crippen molar-refractivity contribution in [3.8, 4) is 11.5 Å². The van der Waals surface area contributed by atoms with E-state index >= 15 is 0 Å². The van der Waals surface area contributed by atoms with E-state index in [-0.39, 0.29) is 23.0 Å². The first-order valence-electron chi connectivity index (χ1n) is 8.04. The lowest BCUT2D eigenvalue weighted by Crippen LogP contribution is -2.20. The van der Waals surface area contributed by atoms with E-state index in [1.807, 2.05) is 36.4 Å². The van der Waals surface area contributed by atoms with E-state index in [0.29, 0.717) is 5.75 Å². The monoisotopic (exact) mass is 616 g/mol. The SMILES string of the molecule is CC(=O)C(C)Cl.CC(=O)C(C)Oc1ccc(I)cc1.Oc1ccc(I)cc1. The van der Waals surface area contributed by atoms with Gasteiger partial charge in [0.05, 0.1) is 5.38 Å². The Morgan fingerprint density at radius 2 is 1.26 bits per heavy atom. The molecule has 0 aliphatic heterocycles. The highest BCUT2D eigenvalue weighted by Gasteiger charge is 2.08. The Morgan fingerprint density at radius 3 is 1.56 bits per heavy atom. The van der Waals surface area contributed by atoms with E-state index in [1.165, 1.54) is 13.8 Å². The molecule has 2 rings (SSSR count). The van der Waals surface area contributed by atoms with E-state index in [2.05, 4.69) is 45.2 Å². The second-order valence-electron chi connectivity index (χ2n) is 5.53. The molecule has 27 heavy (non-hydrogen) atoms. The zero-order chi connectivity index (χ0) is 21.0. The summed E-state index contributed by atoms with van der Waals surface area (Å²) in [6.45, 7) is 6.40. The molecule has 0 fully saturated rings. The van der Waals surface area contributed by atoms with Gasteiger partial charge in [0, 0.05) is 7.14 Å². The third-order valence-corrected chi connectivity index (χ3v) is 4.83. The second kappa shape index (κ2) is 14.2. The summed E-state index contributed by atoms with van der Waals surface area (Å²) in [5.41, 5.74) is 0. The molecular weight excluding hydrogens is 593 g/mol. The lowest BCUT2D eigenvalue weighted by Gasteiger charge is -2.10. The van der Waals surface area contributed by atoms with Crippen LogP contribution in [0, 0.1) is 7.14 Å². The van der Waals surface area contributed by atoms with Gasteiger partial charge in [0.15, 0.2) is 11.9 Å². The van der Waals surface area contributed by atoms with Crippen LogP contribution in [0.1, 0.15) is 27.7 Å². The molecule has 0 aromatic heterocycles. The summed E-state index contributed by atoms with van der Waals surface area (Å²) in [7, 11) is 0. The summed E-state index contributed by atoms with van der Waals surface area (Å²) in [6, 6.07) is 14.7. The summed E-state index contributed by atoms with van der Waals surface area (Å²) in [5.74, 6) is 1.13. The van der Waals surface area contributed by atoms with Gasteiger partial charge in [-0.2, -0.15) is 0 Å². The minimum Gasteiger partial charge on any atom is -0.508 e. The molecule has 0 aliphatic rings. The van der Waals surface area contributed by atoms with Crippen molar-refractivity contribution < 1.29 is 19.4 Å². The Hall–Kier alpha value is -0.870. The third kappa shape index (κ3) is 13.9. The van der Waals surface area contributed by atoms with Crippen molar-refractivity contribution in [3.05, 3.63) is 55.7 Å². The van der Waals surface area contributed by atoms with Crippen LogP contribution in [0.4, 0.5) is 0 Å². The number of rotatable bonds is 4. The molecule has 2 aromatic rings. The number of carbonyl (C=O) groups is 2. The van der Waals surface area contributed by atoms with Gasteiger partial charge in [0.1, 0.15) is 17.3 Å². The minimum atomic E-state index is -0.361. The molecule has 0 aliphatic carbocycles. The maximum Gasteiger partial charge on any atom is 0.169 e. The maximum atomic E-state index is 10.9. The van der Waals surface area contributed by atoms with Crippen LogP contribution in [0.2, 0.25) is 0 Å². The van der Waals surface area contributed by atoms with Gasteiger partial charge in [0.2, 0.25) is 0 Å². The highest BCUT2D eigenvalue weighted by Crippen LogP contribution is 2.15. The number of phenolic OH excluding ortho intramolecular Hbond substituents is 1. The molecule has 0 saturated heterocycles. The lowest BCUT2D eigenvalue weighted by molar-refractivity contribution is -0.122. The fourth-order valence-electron chi connectivity index (χ4n) is 1.24. The molecule has 0 saturated carbocycles. The van der Waals surface area contributed by atoms with Gasteiger partial charge in [-0.1, -0.05) is 0 Å². The molecule has 1 N–H and O–H groups in total. The van der Waals surface area contributed by atoms with Crippen LogP contribution < -0.4 is 4.74 Å². The first kappa shape index (κ1) is 26.1. The summed E-state index contributed by atoms with van der Waals surface area (Å²) in [5, 5.41) is 8.44. The first-order valence-corrected chi connectivity index (χ1v) is 10.6. The molecule has 2 atom stereocenters. The number of alkyl halides is 1. The average Bonchev–Trinajstić information content (AvgIpc) is 2.60. The van der Waals surface area contributed by atoms with Crippen molar-refractivity contribution in [2.45, 2.75) is 39.2 Å². The number of carbonyl (C=O) groups excluding carboxylic acids is 2. The van der Waals surface area contributed by atoms with Crippen LogP contribution in [-0.4, -0.2) is 28.2 Å². The van der Waals surface area contributed by atoms with Crippen LogP contribution in [-0.2, 0) is 9.59 Å². The van der Waals surface area contributed by atoms with Crippen LogP contribution in [0.25, 0.3) is 0 Å². The molecule has 0 amide bonds. The normalized spacial score (nSPS) is 11.7. The van der Waals surface area contributed by atoms with Crippen molar-refractivity contribution in [1.82, 2.24) is 0 Å². The van der Waals surface area contributed by atoms with E-state index in [1.54, 1.807) is 26.0 Å². The molecule has 0 heterocycles. The van der Waals surface area contributed by atoms with Gasteiger partial charge in [0.25, 0.3) is 0 Å². The maximum absolute atomic E-state index is 10.9. The molecule has 4 nitrogen and oxygen atoms in total. The van der Waals surface area contributed by atoms with Gasteiger partial charge in [-0.3, -0.25) is 9.59 Å². The van der Waals surface area contributed by atoms with Crippen LogP contribution in [0.3, 0.4) is 0 Å². The Balaban J connectivity index is 0.000000413. The molecule has 0 radical (unpaired) electrons. The third-order valence-electron chi connectivity index (χ3n) is 3.09. The van der Waals surface area contributed by atoms with Gasteiger partial charge >= 0.3 is 0 Å². The number of ether oxygens (including phenoxy) is 1. The Morgan fingerprint density at radius 1 is 0.889 bits per heavy atom. The van der Waals surface area contributed by atoms with Gasteiger partial charge in [-0.25, -0.2) is 0 Å². The number of phenols is 1. The van der Waals surface area contributed by atoms with E-state index in [0.717, 1.165) is 12.9 Å². The zero-order valence-corrected chi connectivity index (χ0v) is 20.7. The second-order valence-corrected chi connectivity index (χ2v) is 8.67. The minimum absolute atomic E-state index is 0.0247. The number of benzene rings is 2. The predicted molar refractivity (Wildman–Crippen MR) is 127 cm³/mol. The smallest absolute Gasteiger partial charge is 0.169 e. The Bertz CT molecular complexity index is 680. The van der Waals surface area contributed by atoms with Gasteiger partial charge in [-0.05, 0) is 121 Å². The number of ketones is 2. The van der Waals surface area contributed by atoms with Crippen molar-refractivity contribution >= 4 is 68.3 Å². The first-order chi connectivity index (χ1) is 12.5. The molecule has 7 heteroatoms. The van der Waals surface area contributed by atoms with Gasteiger partial charge < -0.3 is 9.84 Å². The molecule has 2 aromatic carbocycles. The summed E-state index contributed by atoms with van der Waals surface area (Å²) < 4.78 is 7.67. The molecule has 148 valence electrons. The van der Waals surface area contributed by atoms with Crippen molar-refractivity contribution in [1.29, 1.82) is 0 Å². The quantitative estimate of drug-likeness (QED) is 0.346.